The number of carbonyl (C=O) groups excluding carboxylic acids is 1. The van der Waals surface area contributed by atoms with E-state index in [1.54, 1.807) is 0 Å². The van der Waals surface area contributed by atoms with Gasteiger partial charge in [0.1, 0.15) is 17.5 Å². The van der Waals surface area contributed by atoms with Crippen LogP contribution in [0.3, 0.4) is 0 Å². The molecule has 1 amide bonds. The highest BCUT2D eigenvalue weighted by molar-refractivity contribution is 5.81. The minimum absolute atomic E-state index is 0.0168. The van der Waals surface area contributed by atoms with E-state index >= 15 is 0 Å². The normalized spacial score (nSPS) is 14.1. The lowest BCUT2D eigenvalue weighted by atomic mass is 10.3. The first-order chi connectivity index (χ1) is 9.10. The second-order valence-electron chi connectivity index (χ2n) is 4.82. The van der Waals surface area contributed by atoms with E-state index in [2.05, 4.69) is 25.9 Å². The maximum absolute atomic E-state index is 11.6. The number of aromatic nitrogens is 2. The summed E-state index contributed by atoms with van der Waals surface area (Å²) in [6.45, 7) is 6.86. The molecule has 6 heteroatoms. The molecular weight excluding hydrogens is 242 g/mol. The van der Waals surface area contributed by atoms with Gasteiger partial charge in [0.25, 0.3) is 0 Å². The summed E-state index contributed by atoms with van der Waals surface area (Å²) >= 11 is 0. The Morgan fingerprint density at radius 2 is 1.84 bits per heavy atom. The number of nitrogens with one attached hydrogen (secondary N) is 3. The predicted molar refractivity (Wildman–Crippen MR) is 75.3 cm³/mol. The summed E-state index contributed by atoms with van der Waals surface area (Å²) in [5.41, 5.74) is 0.937. The van der Waals surface area contributed by atoms with Crippen molar-refractivity contribution in [2.75, 3.05) is 23.7 Å². The van der Waals surface area contributed by atoms with Crippen LogP contribution in [0.1, 0.15) is 31.2 Å². The number of anilines is 2. The number of amides is 1. The minimum atomic E-state index is 0.0168. The summed E-state index contributed by atoms with van der Waals surface area (Å²) in [6, 6.07) is 0.389. The van der Waals surface area contributed by atoms with Crippen molar-refractivity contribution in [3.63, 3.8) is 0 Å². The molecule has 2 rings (SSSR count). The standard InChI is InChI=1S/C13H21N5O/c1-4-14-12-8(2)13(17-9(3)16-12)15-7-11(19)18-10-5-6-10/h10H,4-7H2,1-3H3,(H,18,19)(H2,14,15,16,17). The first-order valence-corrected chi connectivity index (χ1v) is 6.72. The van der Waals surface area contributed by atoms with Crippen molar-refractivity contribution in [1.29, 1.82) is 0 Å². The van der Waals surface area contributed by atoms with Crippen LogP contribution in [0.5, 0.6) is 0 Å². The molecular formula is C13H21N5O. The maximum Gasteiger partial charge on any atom is 0.239 e. The Morgan fingerprint density at radius 1 is 1.21 bits per heavy atom. The van der Waals surface area contributed by atoms with E-state index < -0.39 is 0 Å². The van der Waals surface area contributed by atoms with Crippen molar-refractivity contribution in [1.82, 2.24) is 15.3 Å². The Balaban J connectivity index is 1.99. The number of hydrogen-bond acceptors (Lipinski definition) is 5. The highest BCUT2D eigenvalue weighted by atomic mass is 16.2. The van der Waals surface area contributed by atoms with E-state index in [9.17, 15) is 4.79 Å². The van der Waals surface area contributed by atoms with Gasteiger partial charge in [0.2, 0.25) is 5.91 Å². The average Bonchev–Trinajstić information content (AvgIpc) is 3.15. The molecule has 0 atom stereocenters. The molecule has 1 aromatic heterocycles. The largest absolute Gasteiger partial charge is 0.370 e. The summed E-state index contributed by atoms with van der Waals surface area (Å²) in [6.07, 6.45) is 2.20. The fraction of sp³-hybridized carbons (Fsp3) is 0.615. The molecule has 0 bridgehead atoms. The molecule has 0 aliphatic heterocycles. The lowest BCUT2D eigenvalue weighted by Gasteiger charge is -2.13. The second kappa shape index (κ2) is 5.86. The fourth-order valence-corrected chi connectivity index (χ4v) is 1.81. The van der Waals surface area contributed by atoms with E-state index in [4.69, 9.17) is 0 Å². The van der Waals surface area contributed by atoms with E-state index in [0.29, 0.717) is 11.9 Å². The summed E-state index contributed by atoms with van der Waals surface area (Å²) < 4.78 is 0. The third kappa shape index (κ3) is 3.81. The van der Waals surface area contributed by atoms with Crippen molar-refractivity contribution >= 4 is 17.5 Å². The first kappa shape index (κ1) is 13.6. The number of aryl methyl sites for hydroxylation is 1. The molecule has 0 saturated heterocycles. The van der Waals surface area contributed by atoms with Crippen molar-refractivity contribution < 1.29 is 4.79 Å². The second-order valence-corrected chi connectivity index (χ2v) is 4.82. The zero-order valence-electron chi connectivity index (χ0n) is 11.7. The van der Waals surface area contributed by atoms with Gasteiger partial charge >= 0.3 is 0 Å². The molecule has 1 aliphatic carbocycles. The molecule has 1 heterocycles. The number of carbonyl (C=O) groups is 1. The van der Waals surface area contributed by atoms with Crippen LogP contribution < -0.4 is 16.0 Å². The van der Waals surface area contributed by atoms with Crippen LogP contribution in [0.4, 0.5) is 11.6 Å². The Bertz CT molecular complexity index is 470. The third-order valence-corrected chi connectivity index (χ3v) is 2.96. The van der Waals surface area contributed by atoms with E-state index in [0.717, 1.165) is 36.6 Å². The molecule has 19 heavy (non-hydrogen) atoms. The molecule has 1 aromatic rings. The first-order valence-electron chi connectivity index (χ1n) is 6.72. The average molecular weight is 263 g/mol. The van der Waals surface area contributed by atoms with E-state index in [1.807, 2.05) is 20.8 Å². The smallest absolute Gasteiger partial charge is 0.239 e. The van der Waals surface area contributed by atoms with Crippen LogP contribution in [0, 0.1) is 13.8 Å². The number of hydrogen-bond donors (Lipinski definition) is 3. The lowest BCUT2D eigenvalue weighted by molar-refractivity contribution is -0.119. The van der Waals surface area contributed by atoms with Crippen LogP contribution in [-0.4, -0.2) is 35.0 Å². The quantitative estimate of drug-likeness (QED) is 0.719. The Morgan fingerprint density at radius 3 is 2.42 bits per heavy atom. The lowest BCUT2D eigenvalue weighted by Crippen LogP contribution is -2.31. The predicted octanol–water partition coefficient (Wildman–Crippen LogP) is 1.22. The molecule has 1 saturated carbocycles. The molecule has 104 valence electrons. The van der Waals surface area contributed by atoms with Crippen LogP contribution in [0.2, 0.25) is 0 Å². The van der Waals surface area contributed by atoms with Crippen LogP contribution >= 0.6 is 0 Å². The molecule has 3 N–H and O–H groups in total. The zero-order chi connectivity index (χ0) is 13.8. The summed E-state index contributed by atoms with van der Waals surface area (Å²) in [7, 11) is 0. The van der Waals surface area contributed by atoms with Crippen LogP contribution in [0.15, 0.2) is 0 Å². The Labute approximate surface area is 113 Å². The van der Waals surface area contributed by atoms with Crippen LogP contribution in [-0.2, 0) is 4.79 Å². The number of rotatable bonds is 6. The topological polar surface area (TPSA) is 78.9 Å². The maximum atomic E-state index is 11.6. The van der Waals surface area contributed by atoms with Gasteiger partial charge < -0.3 is 16.0 Å². The van der Waals surface area contributed by atoms with Gasteiger partial charge in [0.15, 0.2) is 0 Å². The van der Waals surface area contributed by atoms with Crippen molar-refractivity contribution in [2.45, 2.75) is 39.7 Å². The SMILES string of the molecule is CCNc1nc(C)nc(NCC(=O)NC2CC2)c1C. The number of nitrogens with zero attached hydrogens (tertiary/aromatic N) is 2. The summed E-state index contributed by atoms with van der Waals surface area (Å²) in [5, 5.41) is 9.22. The van der Waals surface area contributed by atoms with Gasteiger partial charge in [-0.1, -0.05) is 0 Å². The van der Waals surface area contributed by atoms with E-state index in [1.165, 1.54) is 0 Å². The monoisotopic (exact) mass is 263 g/mol. The highest BCUT2D eigenvalue weighted by Crippen LogP contribution is 2.20. The Kier molecular flexibility index (Phi) is 4.19. The van der Waals surface area contributed by atoms with Gasteiger partial charge in [-0.15, -0.1) is 0 Å². The zero-order valence-corrected chi connectivity index (χ0v) is 11.7. The molecule has 1 fully saturated rings. The van der Waals surface area contributed by atoms with Gasteiger partial charge in [0.05, 0.1) is 6.54 Å². The third-order valence-electron chi connectivity index (χ3n) is 2.96. The summed E-state index contributed by atoms with van der Waals surface area (Å²) in [5.74, 6) is 2.24. The molecule has 0 unspecified atom stereocenters. The fourth-order valence-electron chi connectivity index (χ4n) is 1.81. The van der Waals surface area contributed by atoms with Crippen LogP contribution in [0.25, 0.3) is 0 Å². The molecule has 0 spiro atoms. The molecule has 0 aromatic carbocycles. The summed E-state index contributed by atoms with van der Waals surface area (Å²) in [4.78, 5) is 20.3. The van der Waals surface area contributed by atoms with Crippen molar-refractivity contribution in [2.24, 2.45) is 0 Å². The highest BCUT2D eigenvalue weighted by Gasteiger charge is 2.23. The van der Waals surface area contributed by atoms with Gasteiger partial charge in [-0.3, -0.25) is 4.79 Å². The van der Waals surface area contributed by atoms with E-state index in [-0.39, 0.29) is 12.5 Å². The van der Waals surface area contributed by atoms with Gasteiger partial charge in [0, 0.05) is 18.2 Å². The molecule has 6 nitrogen and oxygen atoms in total. The van der Waals surface area contributed by atoms with Crippen molar-refractivity contribution in [3.8, 4) is 0 Å². The van der Waals surface area contributed by atoms with Gasteiger partial charge in [-0.25, -0.2) is 9.97 Å². The van der Waals surface area contributed by atoms with Gasteiger partial charge in [-0.05, 0) is 33.6 Å². The minimum Gasteiger partial charge on any atom is -0.370 e. The van der Waals surface area contributed by atoms with Crippen molar-refractivity contribution in [3.05, 3.63) is 11.4 Å². The Hall–Kier alpha value is -1.85. The molecule has 1 aliphatic rings. The molecule has 0 radical (unpaired) electrons. The van der Waals surface area contributed by atoms with Gasteiger partial charge in [-0.2, -0.15) is 0 Å².